The van der Waals surface area contributed by atoms with E-state index in [-0.39, 0.29) is 0 Å². The molecule has 0 rings (SSSR count). The Morgan fingerprint density at radius 2 is 1.77 bits per heavy atom. The first kappa shape index (κ1) is 12.5. The van der Waals surface area contributed by atoms with Gasteiger partial charge in [-0.3, -0.25) is 0 Å². The molecule has 0 heteroatoms. The molecule has 76 valence electrons. The van der Waals surface area contributed by atoms with Gasteiger partial charge in [-0.2, -0.15) is 0 Å². The van der Waals surface area contributed by atoms with E-state index in [1.807, 2.05) is 0 Å². The van der Waals surface area contributed by atoms with Crippen molar-refractivity contribution in [3.63, 3.8) is 0 Å². The van der Waals surface area contributed by atoms with Crippen molar-refractivity contribution in [2.45, 2.75) is 52.9 Å². The Morgan fingerprint density at radius 1 is 1.15 bits per heavy atom. The van der Waals surface area contributed by atoms with Gasteiger partial charge in [-0.1, -0.05) is 57.9 Å². The summed E-state index contributed by atoms with van der Waals surface area (Å²) in [6.07, 6.45) is 10.6. The lowest BCUT2D eigenvalue weighted by Gasteiger charge is -2.07. The van der Waals surface area contributed by atoms with Crippen molar-refractivity contribution in [2.75, 3.05) is 0 Å². The lowest BCUT2D eigenvalue weighted by Crippen LogP contribution is -1.93. The summed E-state index contributed by atoms with van der Waals surface area (Å²) in [7, 11) is 0. The molecule has 0 aromatic heterocycles. The van der Waals surface area contributed by atoms with E-state index in [9.17, 15) is 0 Å². The predicted octanol–water partition coefficient (Wildman–Crippen LogP) is 4.73. The second-order valence-corrected chi connectivity index (χ2v) is 3.70. The van der Waals surface area contributed by atoms with Gasteiger partial charge in [-0.15, -0.1) is 0 Å². The topological polar surface area (TPSA) is 0 Å². The summed E-state index contributed by atoms with van der Waals surface area (Å²) in [6, 6.07) is 0. The van der Waals surface area contributed by atoms with Crippen molar-refractivity contribution in [3.05, 3.63) is 24.3 Å². The Hall–Kier alpha value is -0.520. The maximum Gasteiger partial charge on any atom is -0.0142 e. The van der Waals surface area contributed by atoms with E-state index in [2.05, 4.69) is 39.5 Å². The third-order valence-corrected chi connectivity index (χ3v) is 2.70. The van der Waals surface area contributed by atoms with Crippen LogP contribution in [0.5, 0.6) is 0 Å². The number of hydrogen-bond acceptors (Lipinski definition) is 0. The lowest BCUT2D eigenvalue weighted by atomic mass is 9.99. The van der Waals surface area contributed by atoms with Crippen LogP contribution in [-0.4, -0.2) is 0 Å². The van der Waals surface area contributed by atoms with Crippen molar-refractivity contribution in [1.29, 1.82) is 0 Å². The Balaban J connectivity index is 3.55. The van der Waals surface area contributed by atoms with Crippen LogP contribution < -0.4 is 0 Å². The van der Waals surface area contributed by atoms with Crippen molar-refractivity contribution in [2.24, 2.45) is 5.92 Å². The van der Waals surface area contributed by atoms with Crippen LogP contribution in [0.2, 0.25) is 0 Å². The van der Waals surface area contributed by atoms with Gasteiger partial charge < -0.3 is 0 Å². The minimum atomic E-state index is 0.881. The molecule has 0 atom stereocenters. The molecule has 0 aromatic rings. The largest absolute Gasteiger partial charge is 0.0996 e. The average molecular weight is 180 g/mol. The molecule has 0 aliphatic heterocycles. The van der Waals surface area contributed by atoms with Crippen LogP contribution in [0.3, 0.4) is 0 Å². The highest BCUT2D eigenvalue weighted by molar-refractivity contribution is 5.01. The van der Waals surface area contributed by atoms with Gasteiger partial charge in [0.15, 0.2) is 0 Å². The molecular formula is C13H24. The van der Waals surface area contributed by atoms with E-state index in [1.54, 1.807) is 0 Å². The summed E-state index contributed by atoms with van der Waals surface area (Å²) < 4.78 is 0. The quantitative estimate of drug-likeness (QED) is 0.497. The number of rotatable bonds is 7. The fourth-order valence-electron chi connectivity index (χ4n) is 1.31. The molecule has 0 aromatic carbocycles. The molecular weight excluding hydrogens is 156 g/mol. The van der Waals surface area contributed by atoms with Crippen molar-refractivity contribution >= 4 is 0 Å². The summed E-state index contributed by atoms with van der Waals surface area (Å²) in [4.78, 5) is 0. The minimum Gasteiger partial charge on any atom is -0.0996 e. The molecule has 0 heterocycles. The van der Waals surface area contributed by atoms with Gasteiger partial charge in [0.25, 0.3) is 0 Å². The Bertz CT molecular complexity index is 149. The molecule has 13 heavy (non-hydrogen) atoms. The highest BCUT2D eigenvalue weighted by Gasteiger charge is 1.98. The summed E-state index contributed by atoms with van der Waals surface area (Å²) in [6.45, 7) is 10.7. The molecule has 0 radical (unpaired) electrons. The lowest BCUT2D eigenvalue weighted by molar-refractivity contribution is 0.499. The zero-order valence-electron chi connectivity index (χ0n) is 9.47. The van der Waals surface area contributed by atoms with Crippen molar-refractivity contribution in [1.82, 2.24) is 0 Å². The molecule has 0 N–H and O–H groups in total. The fraction of sp³-hybridized carbons (Fsp3) is 0.692. The minimum absolute atomic E-state index is 0.881. The molecule has 0 unspecified atom stereocenters. The van der Waals surface area contributed by atoms with Gasteiger partial charge in [-0.25, -0.2) is 0 Å². The molecule has 0 fully saturated rings. The Labute approximate surface area is 83.7 Å². The molecule has 0 saturated heterocycles. The summed E-state index contributed by atoms with van der Waals surface area (Å²) in [5, 5.41) is 0. The van der Waals surface area contributed by atoms with Crippen molar-refractivity contribution < 1.29 is 0 Å². The van der Waals surface area contributed by atoms with Crippen LogP contribution in [0.15, 0.2) is 24.3 Å². The monoisotopic (exact) mass is 180 g/mol. The van der Waals surface area contributed by atoms with E-state index in [0.29, 0.717) is 0 Å². The van der Waals surface area contributed by atoms with Crippen LogP contribution in [0.1, 0.15) is 52.9 Å². The first-order chi connectivity index (χ1) is 6.24. The predicted molar refractivity (Wildman–Crippen MR) is 61.9 cm³/mol. The van der Waals surface area contributed by atoms with E-state index >= 15 is 0 Å². The maximum atomic E-state index is 3.98. The van der Waals surface area contributed by atoms with Crippen LogP contribution in [0, 0.1) is 5.92 Å². The second-order valence-electron chi connectivity index (χ2n) is 3.70. The first-order valence-electron chi connectivity index (χ1n) is 5.56. The highest BCUT2D eigenvalue weighted by Crippen LogP contribution is 2.13. The third kappa shape index (κ3) is 6.62. The molecule has 0 bridgehead atoms. The molecule has 0 aliphatic rings. The first-order valence-corrected chi connectivity index (χ1v) is 5.56. The zero-order chi connectivity index (χ0) is 10.1. The van der Waals surface area contributed by atoms with Gasteiger partial charge in [0.2, 0.25) is 0 Å². The summed E-state index contributed by atoms with van der Waals surface area (Å²) >= 11 is 0. The molecule has 0 saturated carbocycles. The van der Waals surface area contributed by atoms with E-state index in [4.69, 9.17) is 0 Å². The summed E-state index contributed by atoms with van der Waals surface area (Å²) in [5.74, 6) is 0.881. The Morgan fingerprint density at radius 3 is 2.23 bits per heavy atom. The van der Waals surface area contributed by atoms with E-state index < -0.39 is 0 Å². The SMILES string of the molecule is C=C(CC)CC=CCC(CC)CC. The molecule has 0 spiro atoms. The van der Waals surface area contributed by atoms with Gasteiger partial charge in [0.1, 0.15) is 0 Å². The Kier molecular flexibility index (Phi) is 7.77. The number of allylic oxidation sites excluding steroid dienone is 3. The third-order valence-electron chi connectivity index (χ3n) is 2.70. The maximum absolute atomic E-state index is 3.98. The summed E-state index contributed by atoms with van der Waals surface area (Å²) in [5.41, 5.74) is 1.33. The molecule has 0 nitrogen and oxygen atoms in total. The van der Waals surface area contributed by atoms with Crippen molar-refractivity contribution in [3.8, 4) is 0 Å². The van der Waals surface area contributed by atoms with Gasteiger partial charge in [0.05, 0.1) is 0 Å². The second kappa shape index (κ2) is 8.10. The standard InChI is InChI=1S/C13H24/c1-5-12(4)10-8-9-11-13(6-2)7-3/h8-9,13H,4-7,10-11H2,1-3H3. The fourth-order valence-corrected chi connectivity index (χ4v) is 1.31. The molecule has 0 aliphatic carbocycles. The van der Waals surface area contributed by atoms with Crippen LogP contribution in [0.25, 0.3) is 0 Å². The van der Waals surface area contributed by atoms with Crippen LogP contribution in [-0.2, 0) is 0 Å². The highest BCUT2D eigenvalue weighted by atomic mass is 14.0. The smallest absolute Gasteiger partial charge is 0.0142 e. The van der Waals surface area contributed by atoms with Crippen LogP contribution in [0.4, 0.5) is 0 Å². The number of hydrogen-bond donors (Lipinski definition) is 0. The van der Waals surface area contributed by atoms with Gasteiger partial charge in [0, 0.05) is 0 Å². The average Bonchev–Trinajstić information content (AvgIpc) is 2.18. The zero-order valence-corrected chi connectivity index (χ0v) is 9.47. The van der Waals surface area contributed by atoms with E-state index in [1.165, 1.54) is 24.8 Å². The van der Waals surface area contributed by atoms with Gasteiger partial charge >= 0.3 is 0 Å². The van der Waals surface area contributed by atoms with Crippen LogP contribution >= 0.6 is 0 Å². The van der Waals surface area contributed by atoms with E-state index in [0.717, 1.165) is 18.8 Å². The normalized spacial score (nSPS) is 11.4. The van der Waals surface area contributed by atoms with Gasteiger partial charge in [-0.05, 0) is 25.2 Å². The molecule has 0 amide bonds.